The Morgan fingerprint density at radius 2 is 0.476 bits per heavy atom. The van der Waals surface area contributed by atoms with Gasteiger partial charge in [0.1, 0.15) is 13.2 Å². The van der Waals surface area contributed by atoms with Crippen LogP contribution in [0.2, 0.25) is 0 Å². The van der Waals surface area contributed by atoms with Gasteiger partial charge in [-0.15, -0.1) is 0 Å². The van der Waals surface area contributed by atoms with Gasteiger partial charge in [0.05, 0.1) is 0 Å². The number of carbonyl (C=O) groups is 3. The molecule has 0 rings (SSSR count). The van der Waals surface area contributed by atoms with Crippen LogP contribution in [0, 0.1) is 0 Å². The molecule has 82 heavy (non-hydrogen) atoms. The number of ether oxygens (including phenoxy) is 3. The van der Waals surface area contributed by atoms with Crippen molar-refractivity contribution in [3.05, 3.63) is 60.8 Å². The topological polar surface area (TPSA) is 78.9 Å². The SMILES string of the molecule is CC/C=C\C/C=C\C/C=C\CCCCCCCC(=O)OCC(COC(=O)CCCCCCCCCCCCCCCCCCCCCCC/C=C\C/C=C\CCCCCCC)OC(=O)CCCCCCCCCCCCCCCCCC. The minimum absolute atomic E-state index is 0.0743. The summed E-state index contributed by atoms with van der Waals surface area (Å²) in [6, 6.07) is 0. The van der Waals surface area contributed by atoms with Gasteiger partial charge in [0.25, 0.3) is 0 Å². The van der Waals surface area contributed by atoms with Gasteiger partial charge < -0.3 is 14.2 Å². The van der Waals surface area contributed by atoms with Gasteiger partial charge in [-0.2, -0.15) is 0 Å². The summed E-state index contributed by atoms with van der Waals surface area (Å²) in [7, 11) is 0. The second-order valence-corrected chi connectivity index (χ2v) is 24.5. The molecule has 0 aliphatic rings. The molecule has 0 bridgehead atoms. The van der Waals surface area contributed by atoms with Crippen molar-refractivity contribution in [3.8, 4) is 0 Å². The van der Waals surface area contributed by atoms with Crippen LogP contribution in [0.4, 0.5) is 0 Å². The first kappa shape index (κ1) is 79.1. The van der Waals surface area contributed by atoms with Gasteiger partial charge in [0.15, 0.2) is 6.10 Å². The zero-order valence-electron chi connectivity index (χ0n) is 55.0. The van der Waals surface area contributed by atoms with Crippen LogP contribution in [0.1, 0.15) is 387 Å². The Morgan fingerprint density at radius 3 is 0.744 bits per heavy atom. The number of allylic oxidation sites excluding steroid dienone is 10. The Hall–Kier alpha value is -2.89. The fourth-order valence-corrected chi connectivity index (χ4v) is 10.8. The summed E-state index contributed by atoms with van der Waals surface area (Å²) in [5.41, 5.74) is 0. The minimum Gasteiger partial charge on any atom is -0.462 e. The first-order valence-electron chi connectivity index (χ1n) is 36.3. The molecule has 6 heteroatoms. The van der Waals surface area contributed by atoms with Crippen LogP contribution in [0.5, 0.6) is 0 Å². The molecule has 0 amide bonds. The van der Waals surface area contributed by atoms with Gasteiger partial charge in [-0.3, -0.25) is 14.4 Å². The summed E-state index contributed by atoms with van der Waals surface area (Å²) >= 11 is 0. The molecule has 0 aliphatic heterocycles. The molecule has 478 valence electrons. The Kier molecular flexibility index (Phi) is 68.1. The van der Waals surface area contributed by atoms with E-state index in [-0.39, 0.29) is 31.1 Å². The van der Waals surface area contributed by atoms with Crippen molar-refractivity contribution in [2.24, 2.45) is 0 Å². The molecule has 0 heterocycles. The van der Waals surface area contributed by atoms with E-state index < -0.39 is 6.10 Å². The Labute approximate surface area is 510 Å². The van der Waals surface area contributed by atoms with E-state index >= 15 is 0 Å². The molecule has 0 aromatic rings. The summed E-state index contributed by atoms with van der Waals surface area (Å²) in [6.07, 6.45) is 91.3. The zero-order chi connectivity index (χ0) is 59.2. The van der Waals surface area contributed by atoms with Crippen molar-refractivity contribution in [1.29, 1.82) is 0 Å². The molecule has 0 aromatic heterocycles. The quantitative estimate of drug-likeness (QED) is 0.0261. The highest BCUT2D eigenvalue weighted by Crippen LogP contribution is 2.18. The number of hydrogen-bond acceptors (Lipinski definition) is 6. The summed E-state index contributed by atoms with van der Waals surface area (Å²) < 4.78 is 17.0. The summed E-state index contributed by atoms with van der Waals surface area (Å²) in [5, 5.41) is 0. The van der Waals surface area contributed by atoms with E-state index in [9.17, 15) is 14.4 Å². The molecule has 6 nitrogen and oxygen atoms in total. The van der Waals surface area contributed by atoms with Crippen molar-refractivity contribution >= 4 is 17.9 Å². The molecular formula is C76H138O6. The fraction of sp³-hybridized carbons (Fsp3) is 0.829. The second-order valence-electron chi connectivity index (χ2n) is 24.5. The van der Waals surface area contributed by atoms with Crippen LogP contribution in [-0.2, 0) is 28.6 Å². The molecular weight excluding hydrogens is 1010 g/mol. The predicted molar refractivity (Wildman–Crippen MR) is 358 cm³/mol. The number of unbranched alkanes of at least 4 members (excludes halogenated alkanes) is 46. The number of hydrogen-bond donors (Lipinski definition) is 0. The van der Waals surface area contributed by atoms with Crippen LogP contribution in [0.15, 0.2) is 60.8 Å². The molecule has 0 aromatic carbocycles. The van der Waals surface area contributed by atoms with E-state index in [1.54, 1.807) is 0 Å². The third kappa shape index (κ3) is 67.9. The van der Waals surface area contributed by atoms with Crippen molar-refractivity contribution in [1.82, 2.24) is 0 Å². The minimum atomic E-state index is -0.779. The largest absolute Gasteiger partial charge is 0.462 e. The van der Waals surface area contributed by atoms with E-state index in [2.05, 4.69) is 81.5 Å². The van der Waals surface area contributed by atoms with Crippen LogP contribution >= 0.6 is 0 Å². The van der Waals surface area contributed by atoms with Gasteiger partial charge in [0, 0.05) is 19.3 Å². The molecule has 0 spiro atoms. The molecule has 0 saturated carbocycles. The molecule has 0 saturated heterocycles. The van der Waals surface area contributed by atoms with Crippen LogP contribution in [-0.4, -0.2) is 37.2 Å². The lowest BCUT2D eigenvalue weighted by Gasteiger charge is -2.18. The zero-order valence-corrected chi connectivity index (χ0v) is 55.0. The standard InChI is InChI=1S/C76H138O6/c1-4-7-10-13-16-19-22-25-28-30-31-32-33-34-35-36-37-38-39-40-41-42-43-44-45-46-49-51-54-57-60-63-66-69-75(78)81-72-73(71-80-74(77)68-65-62-59-56-53-50-47-27-24-21-18-15-12-9-6-3)82-76(79)70-67-64-61-58-55-52-48-29-26-23-20-17-14-11-8-5-2/h9,12,18,21-22,25,27,30-31,47,73H,4-8,10-11,13-17,19-20,23-24,26,28-29,32-46,48-72H2,1-3H3/b12-9-,21-18-,25-22-,31-30-,47-27-. The number of carbonyl (C=O) groups excluding carboxylic acids is 3. The maximum atomic E-state index is 12.9. The maximum absolute atomic E-state index is 12.9. The second kappa shape index (κ2) is 70.6. The van der Waals surface area contributed by atoms with E-state index in [0.717, 1.165) is 103 Å². The van der Waals surface area contributed by atoms with Crippen LogP contribution < -0.4 is 0 Å². The molecule has 0 fully saturated rings. The van der Waals surface area contributed by atoms with E-state index in [1.807, 2.05) is 0 Å². The highest BCUT2D eigenvalue weighted by Gasteiger charge is 2.19. The lowest BCUT2D eigenvalue weighted by molar-refractivity contribution is -0.167. The fourth-order valence-electron chi connectivity index (χ4n) is 10.8. The first-order valence-corrected chi connectivity index (χ1v) is 36.3. The molecule has 0 N–H and O–H groups in total. The molecule has 0 radical (unpaired) electrons. The molecule has 0 aliphatic carbocycles. The predicted octanol–water partition coefficient (Wildman–Crippen LogP) is 25.1. The maximum Gasteiger partial charge on any atom is 0.306 e. The highest BCUT2D eigenvalue weighted by atomic mass is 16.6. The smallest absolute Gasteiger partial charge is 0.306 e. The van der Waals surface area contributed by atoms with Gasteiger partial charge in [-0.05, 0) is 83.5 Å². The molecule has 1 unspecified atom stereocenters. The normalized spacial score (nSPS) is 12.4. The lowest BCUT2D eigenvalue weighted by atomic mass is 10.0. The average Bonchev–Trinajstić information content (AvgIpc) is 3.47. The number of rotatable bonds is 67. The van der Waals surface area contributed by atoms with Crippen LogP contribution in [0.3, 0.4) is 0 Å². The lowest BCUT2D eigenvalue weighted by Crippen LogP contribution is -2.30. The third-order valence-corrected chi connectivity index (χ3v) is 16.3. The first-order chi connectivity index (χ1) is 40.5. The Bertz CT molecular complexity index is 1460. The highest BCUT2D eigenvalue weighted by molar-refractivity contribution is 5.71. The van der Waals surface area contributed by atoms with Gasteiger partial charge in [-0.25, -0.2) is 0 Å². The van der Waals surface area contributed by atoms with Crippen LogP contribution in [0.25, 0.3) is 0 Å². The van der Waals surface area contributed by atoms with Crippen molar-refractivity contribution < 1.29 is 28.6 Å². The van der Waals surface area contributed by atoms with Gasteiger partial charge in [-0.1, -0.05) is 345 Å². The van der Waals surface area contributed by atoms with E-state index in [4.69, 9.17) is 14.2 Å². The van der Waals surface area contributed by atoms with E-state index in [1.165, 1.54) is 244 Å². The monoisotopic (exact) mass is 1150 g/mol. The molecule has 1 atom stereocenters. The summed E-state index contributed by atoms with van der Waals surface area (Å²) in [5.74, 6) is -0.866. The number of esters is 3. The average molecular weight is 1150 g/mol. The Balaban J connectivity index is 4.14. The Morgan fingerprint density at radius 1 is 0.256 bits per heavy atom. The van der Waals surface area contributed by atoms with Crippen molar-refractivity contribution in [3.63, 3.8) is 0 Å². The van der Waals surface area contributed by atoms with Gasteiger partial charge in [0.2, 0.25) is 0 Å². The summed E-state index contributed by atoms with van der Waals surface area (Å²) in [6.45, 7) is 6.57. The summed E-state index contributed by atoms with van der Waals surface area (Å²) in [4.78, 5) is 38.4. The van der Waals surface area contributed by atoms with Gasteiger partial charge >= 0.3 is 17.9 Å². The van der Waals surface area contributed by atoms with Crippen molar-refractivity contribution in [2.45, 2.75) is 393 Å². The van der Waals surface area contributed by atoms with Crippen molar-refractivity contribution in [2.75, 3.05) is 13.2 Å². The van der Waals surface area contributed by atoms with E-state index in [0.29, 0.717) is 19.3 Å². The third-order valence-electron chi connectivity index (χ3n) is 16.3.